The second-order valence-corrected chi connectivity index (χ2v) is 8.00. The van der Waals surface area contributed by atoms with E-state index in [1.54, 1.807) is 19.3 Å². The molecule has 7 heteroatoms. The molecule has 0 unspecified atom stereocenters. The van der Waals surface area contributed by atoms with E-state index in [9.17, 15) is 10.1 Å². The van der Waals surface area contributed by atoms with Crippen LogP contribution >= 0.6 is 0 Å². The number of pyridine rings is 1. The second kappa shape index (κ2) is 7.80. The van der Waals surface area contributed by atoms with Crippen molar-refractivity contribution in [3.8, 4) is 11.8 Å². The van der Waals surface area contributed by atoms with Crippen LogP contribution in [-0.2, 0) is 6.54 Å². The van der Waals surface area contributed by atoms with Gasteiger partial charge in [0.2, 0.25) is 17.5 Å². The fourth-order valence-electron chi connectivity index (χ4n) is 4.71. The number of hydrogen-bond acceptors (Lipinski definition) is 6. The highest BCUT2D eigenvalue weighted by Crippen LogP contribution is 2.38. The molecule has 4 heterocycles. The average molecular weight is 414 g/mol. The molecule has 5 rings (SSSR count). The summed E-state index contributed by atoms with van der Waals surface area (Å²) in [5.41, 5.74) is 2.30. The van der Waals surface area contributed by atoms with Crippen LogP contribution in [-0.4, -0.2) is 29.8 Å². The number of benzene rings is 1. The van der Waals surface area contributed by atoms with Gasteiger partial charge in [0, 0.05) is 49.0 Å². The minimum absolute atomic E-state index is 0.0572. The zero-order valence-electron chi connectivity index (χ0n) is 17.2. The fraction of sp³-hybridized carbons (Fsp3) is 0.292. The molecule has 3 aromatic rings. The molecule has 2 aliphatic heterocycles. The minimum atomic E-state index is 0.0572. The molecule has 2 bridgehead atoms. The van der Waals surface area contributed by atoms with E-state index in [1.807, 2.05) is 47.0 Å². The van der Waals surface area contributed by atoms with Crippen molar-refractivity contribution in [2.24, 2.45) is 5.92 Å². The summed E-state index contributed by atoms with van der Waals surface area (Å²) in [7, 11) is 1.63. The highest BCUT2D eigenvalue weighted by molar-refractivity contribution is 5.70. The maximum absolute atomic E-state index is 12.2. The van der Waals surface area contributed by atoms with Gasteiger partial charge in [-0.15, -0.1) is 0 Å². The summed E-state index contributed by atoms with van der Waals surface area (Å²) in [5.74, 6) is 2.19. The lowest BCUT2D eigenvalue weighted by Crippen LogP contribution is -2.47. The first-order valence-corrected chi connectivity index (χ1v) is 10.3. The van der Waals surface area contributed by atoms with Crippen molar-refractivity contribution < 1.29 is 9.15 Å². The van der Waals surface area contributed by atoms with E-state index < -0.39 is 0 Å². The number of ether oxygens (including phenoxy) is 1. The van der Waals surface area contributed by atoms with Crippen LogP contribution in [0.1, 0.15) is 35.2 Å². The summed E-state index contributed by atoms with van der Waals surface area (Å²) in [6.45, 7) is 2.12. The maximum Gasteiger partial charge on any atom is 0.250 e. The molecule has 0 N–H and O–H groups in total. The van der Waals surface area contributed by atoms with E-state index in [-0.39, 0.29) is 17.2 Å². The van der Waals surface area contributed by atoms with Crippen molar-refractivity contribution in [3.05, 3.63) is 75.7 Å². The first-order chi connectivity index (χ1) is 15.2. The molecule has 0 aliphatic carbocycles. The van der Waals surface area contributed by atoms with Crippen LogP contribution in [0.15, 0.2) is 51.7 Å². The SMILES string of the molecule is COc1ccccc1C=Cc1nc(C#N)c(N2C[C@@H]3C[C@@H](C2)c2cccc(=O)n2C3)o1. The molecular weight excluding hydrogens is 392 g/mol. The van der Waals surface area contributed by atoms with Crippen LogP contribution in [0.5, 0.6) is 5.75 Å². The lowest BCUT2D eigenvalue weighted by Gasteiger charge is -2.42. The normalized spacial score (nSPS) is 19.8. The topological polar surface area (TPSA) is 84.3 Å². The number of para-hydroxylation sites is 1. The minimum Gasteiger partial charge on any atom is -0.496 e. The van der Waals surface area contributed by atoms with E-state index in [4.69, 9.17) is 9.15 Å². The van der Waals surface area contributed by atoms with Gasteiger partial charge in [-0.2, -0.15) is 10.2 Å². The number of anilines is 1. The molecule has 0 spiro atoms. The van der Waals surface area contributed by atoms with Gasteiger partial charge < -0.3 is 18.6 Å². The van der Waals surface area contributed by atoms with Crippen molar-refractivity contribution in [3.63, 3.8) is 0 Å². The Morgan fingerprint density at radius 3 is 2.87 bits per heavy atom. The first kappa shape index (κ1) is 19.2. The van der Waals surface area contributed by atoms with Gasteiger partial charge >= 0.3 is 0 Å². The maximum atomic E-state index is 12.2. The molecule has 0 saturated carbocycles. The Bertz CT molecular complexity index is 1250. The van der Waals surface area contributed by atoms with Gasteiger partial charge in [-0.3, -0.25) is 4.79 Å². The van der Waals surface area contributed by atoms with Crippen molar-refractivity contribution >= 4 is 18.0 Å². The third-order valence-electron chi connectivity index (χ3n) is 6.04. The van der Waals surface area contributed by atoms with Crippen LogP contribution in [0.25, 0.3) is 12.2 Å². The Labute approximate surface area is 179 Å². The Kier molecular flexibility index (Phi) is 4.83. The third-order valence-corrected chi connectivity index (χ3v) is 6.04. The van der Waals surface area contributed by atoms with E-state index >= 15 is 0 Å². The van der Waals surface area contributed by atoms with Crippen molar-refractivity contribution in [1.82, 2.24) is 9.55 Å². The highest BCUT2D eigenvalue weighted by atomic mass is 16.5. The van der Waals surface area contributed by atoms with Crippen LogP contribution < -0.4 is 15.2 Å². The Balaban J connectivity index is 1.43. The predicted molar refractivity (Wildman–Crippen MR) is 117 cm³/mol. The average Bonchev–Trinajstić information content (AvgIpc) is 3.22. The number of oxazole rings is 1. The summed E-state index contributed by atoms with van der Waals surface area (Å²) >= 11 is 0. The fourth-order valence-corrected chi connectivity index (χ4v) is 4.71. The van der Waals surface area contributed by atoms with Crippen molar-refractivity contribution in [2.75, 3.05) is 25.1 Å². The monoisotopic (exact) mass is 414 g/mol. The molecule has 7 nitrogen and oxygen atoms in total. The number of aromatic nitrogens is 2. The Morgan fingerprint density at radius 1 is 1.16 bits per heavy atom. The quantitative estimate of drug-likeness (QED) is 0.650. The summed E-state index contributed by atoms with van der Waals surface area (Å²) in [4.78, 5) is 18.7. The lowest BCUT2D eigenvalue weighted by molar-refractivity contribution is 0.275. The highest BCUT2D eigenvalue weighted by Gasteiger charge is 2.36. The number of hydrogen-bond donors (Lipinski definition) is 0. The van der Waals surface area contributed by atoms with E-state index in [0.717, 1.165) is 30.0 Å². The lowest BCUT2D eigenvalue weighted by atomic mass is 9.83. The third kappa shape index (κ3) is 3.50. The number of fused-ring (bicyclic) bond motifs is 4. The molecule has 2 aliphatic rings. The number of piperidine rings is 1. The van der Waals surface area contributed by atoms with Crippen molar-refractivity contribution in [1.29, 1.82) is 5.26 Å². The van der Waals surface area contributed by atoms with Crippen molar-refractivity contribution in [2.45, 2.75) is 18.9 Å². The molecule has 31 heavy (non-hydrogen) atoms. The van der Waals surface area contributed by atoms with Gasteiger partial charge in [0.25, 0.3) is 5.56 Å². The first-order valence-electron chi connectivity index (χ1n) is 10.3. The van der Waals surface area contributed by atoms with E-state index in [0.29, 0.717) is 30.8 Å². The zero-order valence-corrected chi connectivity index (χ0v) is 17.2. The van der Waals surface area contributed by atoms with E-state index in [2.05, 4.69) is 16.0 Å². The number of nitriles is 1. The molecule has 0 amide bonds. The standard InChI is InChI=1S/C24H22N4O3/c1-30-21-7-3-2-5-17(21)9-10-22-26-19(12-25)24(31-22)27-13-16-11-18(15-27)20-6-4-8-23(29)28(20)14-16/h2-10,16,18H,11,13-15H2,1H3/t16-,18-/m0/s1. The van der Waals surface area contributed by atoms with Gasteiger partial charge in [-0.05, 0) is 30.5 Å². The summed E-state index contributed by atoms with van der Waals surface area (Å²) in [6.07, 6.45) is 4.65. The molecule has 0 radical (unpaired) electrons. The van der Waals surface area contributed by atoms with E-state index in [1.165, 1.54) is 0 Å². The molecule has 1 aromatic carbocycles. The Morgan fingerprint density at radius 2 is 2.03 bits per heavy atom. The smallest absolute Gasteiger partial charge is 0.250 e. The molecule has 1 fully saturated rings. The molecule has 2 atom stereocenters. The Hall–Kier alpha value is -3.79. The second-order valence-electron chi connectivity index (χ2n) is 8.00. The van der Waals surface area contributed by atoms with Gasteiger partial charge in [0.15, 0.2) is 0 Å². The van der Waals surface area contributed by atoms with Gasteiger partial charge in [-0.25, -0.2) is 0 Å². The zero-order chi connectivity index (χ0) is 21.4. The molecule has 156 valence electrons. The predicted octanol–water partition coefficient (Wildman–Crippen LogP) is 3.51. The van der Waals surface area contributed by atoms with Gasteiger partial charge in [-0.1, -0.05) is 24.3 Å². The number of nitrogens with zero attached hydrogens (tertiary/aromatic N) is 4. The van der Waals surface area contributed by atoms with Crippen LogP contribution in [0.2, 0.25) is 0 Å². The molecular formula is C24H22N4O3. The summed E-state index contributed by atoms with van der Waals surface area (Å²) in [5, 5.41) is 9.64. The van der Waals surface area contributed by atoms with Gasteiger partial charge in [0.05, 0.1) is 7.11 Å². The number of methoxy groups -OCH3 is 1. The largest absolute Gasteiger partial charge is 0.496 e. The van der Waals surface area contributed by atoms with Crippen LogP contribution in [0, 0.1) is 17.2 Å². The van der Waals surface area contributed by atoms with Gasteiger partial charge in [0.1, 0.15) is 11.8 Å². The summed E-state index contributed by atoms with van der Waals surface area (Å²) < 4.78 is 13.3. The van der Waals surface area contributed by atoms with Crippen LogP contribution in [0.3, 0.4) is 0 Å². The number of rotatable bonds is 4. The molecule has 2 aromatic heterocycles. The summed E-state index contributed by atoms with van der Waals surface area (Å²) in [6, 6.07) is 15.3. The molecule has 1 saturated heterocycles. The van der Waals surface area contributed by atoms with Crippen LogP contribution in [0.4, 0.5) is 5.88 Å².